The van der Waals surface area contributed by atoms with E-state index >= 15 is 0 Å². The Morgan fingerprint density at radius 2 is 2.31 bits per heavy atom. The van der Waals surface area contributed by atoms with Crippen LogP contribution in [0.5, 0.6) is 5.75 Å². The second-order valence-corrected chi connectivity index (χ2v) is 5.10. The van der Waals surface area contributed by atoms with Gasteiger partial charge in [-0.1, -0.05) is 17.7 Å². The number of thiol groups is 1. The molecule has 0 spiro atoms. The highest BCUT2D eigenvalue weighted by molar-refractivity contribution is 8.68. The van der Waals surface area contributed by atoms with Crippen molar-refractivity contribution in [2.24, 2.45) is 0 Å². The highest BCUT2D eigenvalue weighted by Crippen LogP contribution is 2.26. The summed E-state index contributed by atoms with van der Waals surface area (Å²) in [7, 11) is 3.03. The van der Waals surface area contributed by atoms with E-state index in [0.29, 0.717) is 5.25 Å². The number of aromatic carboxylic acids is 1. The van der Waals surface area contributed by atoms with Crippen LogP contribution in [0.1, 0.15) is 22.8 Å². The SMILES string of the molecule is COc1ccc(C(=O)O)cc1CC(C)SS. The maximum absolute atomic E-state index is 10.8. The van der Waals surface area contributed by atoms with Gasteiger partial charge in [0.05, 0.1) is 12.7 Å². The third kappa shape index (κ3) is 3.35. The van der Waals surface area contributed by atoms with Gasteiger partial charge in [-0.25, -0.2) is 4.79 Å². The molecule has 0 amide bonds. The summed E-state index contributed by atoms with van der Waals surface area (Å²) in [5, 5.41) is 9.21. The van der Waals surface area contributed by atoms with Crippen LogP contribution in [-0.2, 0) is 6.42 Å². The zero-order chi connectivity index (χ0) is 12.1. The molecule has 1 aromatic carbocycles. The number of rotatable bonds is 5. The minimum atomic E-state index is -0.921. The lowest BCUT2D eigenvalue weighted by molar-refractivity contribution is 0.0696. The van der Waals surface area contributed by atoms with E-state index in [0.717, 1.165) is 17.7 Å². The van der Waals surface area contributed by atoms with Crippen LogP contribution in [0.3, 0.4) is 0 Å². The fourth-order valence-corrected chi connectivity index (χ4v) is 1.90. The first kappa shape index (κ1) is 13.3. The van der Waals surface area contributed by atoms with Crippen molar-refractivity contribution in [3.63, 3.8) is 0 Å². The van der Waals surface area contributed by atoms with Crippen LogP contribution in [0.25, 0.3) is 0 Å². The van der Waals surface area contributed by atoms with Gasteiger partial charge in [-0.05, 0) is 30.2 Å². The molecule has 0 aliphatic heterocycles. The first-order valence-corrected chi connectivity index (χ1v) is 6.72. The van der Waals surface area contributed by atoms with Crippen molar-refractivity contribution >= 4 is 28.4 Å². The lowest BCUT2D eigenvalue weighted by atomic mass is 10.1. The van der Waals surface area contributed by atoms with Crippen molar-refractivity contribution in [1.82, 2.24) is 0 Å². The average Bonchev–Trinajstić information content (AvgIpc) is 2.28. The van der Waals surface area contributed by atoms with Gasteiger partial charge in [0.1, 0.15) is 5.75 Å². The highest BCUT2D eigenvalue weighted by Gasteiger charge is 2.11. The van der Waals surface area contributed by atoms with E-state index < -0.39 is 5.97 Å². The van der Waals surface area contributed by atoms with Gasteiger partial charge >= 0.3 is 5.97 Å². The number of ether oxygens (including phenoxy) is 1. The summed E-state index contributed by atoms with van der Waals surface area (Å²) < 4.78 is 5.20. The van der Waals surface area contributed by atoms with Crippen LogP contribution in [0.15, 0.2) is 18.2 Å². The molecule has 88 valence electrons. The largest absolute Gasteiger partial charge is 0.496 e. The van der Waals surface area contributed by atoms with Crippen LogP contribution in [-0.4, -0.2) is 23.4 Å². The van der Waals surface area contributed by atoms with E-state index in [4.69, 9.17) is 9.84 Å². The zero-order valence-corrected chi connectivity index (χ0v) is 10.8. The van der Waals surface area contributed by atoms with Gasteiger partial charge < -0.3 is 9.84 Å². The molecule has 0 aromatic heterocycles. The van der Waals surface area contributed by atoms with Crippen molar-refractivity contribution in [2.75, 3.05) is 7.11 Å². The molecule has 0 saturated heterocycles. The summed E-state index contributed by atoms with van der Waals surface area (Å²) in [6, 6.07) is 4.89. The normalized spacial score (nSPS) is 12.2. The van der Waals surface area contributed by atoms with Crippen LogP contribution in [0, 0.1) is 0 Å². The molecule has 5 heteroatoms. The molecule has 1 N–H and O–H groups in total. The monoisotopic (exact) mass is 258 g/mol. The summed E-state index contributed by atoms with van der Waals surface area (Å²) in [6.07, 6.45) is 0.735. The second-order valence-electron chi connectivity index (χ2n) is 3.45. The lowest BCUT2D eigenvalue weighted by Crippen LogP contribution is -2.04. The predicted octanol–water partition coefficient (Wildman–Crippen LogP) is 2.90. The molecule has 0 radical (unpaired) electrons. The predicted molar refractivity (Wildman–Crippen MR) is 69.7 cm³/mol. The van der Waals surface area contributed by atoms with Gasteiger partial charge in [0.2, 0.25) is 0 Å². The Morgan fingerprint density at radius 1 is 1.62 bits per heavy atom. The molecular weight excluding hydrogens is 244 g/mol. The smallest absolute Gasteiger partial charge is 0.335 e. The molecule has 1 atom stereocenters. The third-order valence-electron chi connectivity index (χ3n) is 2.21. The molecule has 0 heterocycles. The Labute approximate surface area is 104 Å². The number of carboxylic acids is 1. The fourth-order valence-electron chi connectivity index (χ4n) is 1.42. The van der Waals surface area contributed by atoms with E-state index in [1.807, 2.05) is 6.92 Å². The minimum Gasteiger partial charge on any atom is -0.496 e. The molecule has 0 aliphatic carbocycles. The first-order valence-electron chi connectivity index (χ1n) is 4.79. The van der Waals surface area contributed by atoms with Crippen molar-refractivity contribution in [3.05, 3.63) is 29.3 Å². The maximum Gasteiger partial charge on any atom is 0.335 e. The standard InChI is InChI=1S/C11H14O3S2/c1-7(16-15)5-9-6-8(11(12)13)3-4-10(9)14-2/h3-4,6-7,15H,5H2,1-2H3,(H,12,13). The summed E-state index contributed by atoms with van der Waals surface area (Å²) in [4.78, 5) is 10.8. The van der Waals surface area contributed by atoms with Gasteiger partial charge in [-0.15, -0.1) is 11.7 Å². The second kappa shape index (κ2) is 6.06. The Morgan fingerprint density at radius 3 is 2.81 bits per heavy atom. The molecule has 1 aromatic rings. The van der Waals surface area contributed by atoms with Crippen molar-refractivity contribution in [3.8, 4) is 5.75 Å². The van der Waals surface area contributed by atoms with Crippen molar-refractivity contribution < 1.29 is 14.6 Å². The molecule has 0 aliphatic rings. The number of hydrogen-bond donors (Lipinski definition) is 2. The van der Waals surface area contributed by atoms with Crippen LogP contribution >= 0.6 is 22.5 Å². The molecular formula is C11H14O3S2. The van der Waals surface area contributed by atoms with Gasteiger partial charge in [-0.2, -0.15) is 0 Å². The molecule has 0 saturated carbocycles. The lowest BCUT2D eigenvalue weighted by Gasteiger charge is -2.12. The molecule has 0 bridgehead atoms. The van der Waals surface area contributed by atoms with E-state index in [-0.39, 0.29) is 5.56 Å². The molecule has 1 unspecified atom stereocenters. The van der Waals surface area contributed by atoms with Gasteiger partial charge in [-0.3, -0.25) is 0 Å². The maximum atomic E-state index is 10.8. The van der Waals surface area contributed by atoms with Gasteiger partial charge in [0.15, 0.2) is 0 Å². The first-order chi connectivity index (χ1) is 7.58. The number of carbonyl (C=O) groups is 1. The fraction of sp³-hybridized carbons (Fsp3) is 0.364. The minimum absolute atomic E-state index is 0.284. The van der Waals surface area contributed by atoms with Gasteiger partial charge in [0.25, 0.3) is 0 Å². The quantitative estimate of drug-likeness (QED) is 0.630. The number of methoxy groups -OCH3 is 1. The highest BCUT2D eigenvalue weighted by atomic mass is 33.1. The number of hydrogen-bond acceptors (Lipinski definition) is 4. The Balaban J connectivity index is 3.02. The summed E-state index contributed by atoms with van der Waals surface area (Å²) in [5.41, 5.74) is 1.18. The number of carboxylic acid groups (broad SMARTS) is 1. The van der Waals surface area contributed by atoms with Crippen LogP contribution in [0.2, 0.25) is 0 Å². The van der Waals surface area contributed by atoms with E-state index in [9.17, 15) is 4.79 Å². The summed E-state index contributed by atoms with van der Waals surface area (Å²) in [6.45, 7) is 2.03. The molecule has 16 heavy (non-hydrogen) atoms. The Hall–Kier alpha value is -0.810. The average molecular weight is 258 g/mol. The van der Waals surface area contributed by atoms with Gasteiger partial charge in [0, 0.05) is 5.25 Å². The topological polar surface area (TPSA) is 46.5 Å². The van der Waals surface area contributed by atoms with Crippen molar-refractivity contribution in [2.45, 2.75) is 18.6 Å². The molecule has 3 nitrogen and oxygen atoms in total. The molecule has 1 rings (SSSR count). The third-order valence-corrected chi connectivity index (χ3v) is 3.82. The molecule has 0 fully saturated rings. The van der Waals surface area contributed by atoms with E-state index in [1.54, 1.807) is 25.3 Å². The van der Waals surface area contributed by atoms with Crippen molar-refractivity contribution in [1.29, 1.82) is 0 Å². The van der Waals surface area contributed by atoms with E-state index in [1.165, 1.54) is 10.8 Å². The van der Waals surface area contributed by atoms with E-state index in [2.05, 4.69) is 11.7 Å². The van der Waals surface area contributed by atoms with Crippen LogP contribution < -0.4 is 4.74 Å². The number of benzene rings is 1. The van der Waals surface area contributed by atoms with Crippen LogP contribution in [0.4, 0.5) is 0 Å². The zero-order valence-electron chi connectivity index (χ0n) is 9.14. The Kier molecular flexibility index (Phi) is 5.02. The Bertz CT molecular complexity index is 379. The summed E-state index contributed by atoms with van der Waals surface area (Å²) >= 11 is 4.14. The summed E-state index contributed by atoms with van der Waals surface area (Å²) in [5.74, 6) is -0.200.